The van der Waals surface area contributed by atoms with E-state index >= 15 is 0 Å². The normalized spacial score (nSPS) is 11.8. The third-order valence-corrected chi connectivity index (χ3v) is 12.2. The number of rotatable bonds is 6. The molecule has 13 rings (SSSR count). The van der Waals surface area contributed by atoms with Gasteiger partial charge in [-0.15, -0.1) is 0 Å². The monoisotopic (exact) mass is 806 g/mol. The van der Waals surface area contributed by atoms with Gasteiger partial charge in [0.05, 0.1) is 11.0 Å². The Labute approximate surface area is 361 Å². The van der Waals surface area contributed by atoms with E-state index in [4.69, 9.17) is 23.8 Å². The molecule has 0 unspecified atom stereocenters. The van der Waals surface area contributed by atoms with Crippen LogP contribution in [0.2, 0.25) is 0 Å². The highest BCUT2D eigenvalue weighted by Gasteiger charge is 2.19. The average Bonchev–Trinajstić information content (AvgIpc) is 4.03. The Kier molecular flexibility index (Phi) is 7.80. The first-order valence-electron chi connectivity index (χ1n) is 21.1. The van der Waals surface area contributed by atoms with Crippen LogP contribution in [0.15, 0.2) is 215 Å². The molecule has 0 aliphatic carbocycles. The van der Waals surface area contributed by atoms with Crippen molar-refractivity contribution in [3.05, 3.63) is 206 Å². The van der Waals surface area contributed by atoms with Crippen LogP contribution in [0.3, 0.4) is 0 Å². The highest BCUT2D eigenvalue weighted by molar-refractivity contribution is 6.10. The van der Waals surface area contributed by atoms with Crippen LogP contribution >= 0.6 is 0 Å². The molecule has 4 heterocycles. The molecule has 0 saturated carbocycles. The van der Waals surface area contributed by atoms with Crippen molar-refractivity contribution in [1.29, 1.82) is 0 Å². The summed E-state index contributed by atoms with van der Waals surface area (Å²) in [5.74, 6) is 1.75. The molecule has 0 spiro atoms. The predicted octanol–water partition coefficient (Wildman–Crippen LogP) is 15.1. The summed E-state index contributed by atoms with van der Waals surface area (Å²) < 4.78 is 15.1. The first-order chi connectivity index (χ1) is 31.2. The lowest BCUT2D eigenvalue weighted by atomic mass is 9.94. The molecular formula is C57H34N4O2. The molecule has 0 aliphatic heterocycles. The Morgan fingerprint density at radius 3 is 1.35 bits per heavy atom. The van der Waals surface area contributed by atoms with Gasteiger partial charge in [-0.3, -0.25) is 0 Å². The lowest BCUT2D eigenvalue weighted by molar-refractivity contribution is 0.668. The lowest BCUT2D eigenvalue weighted by Gasteiger charge is -2.13. The van der Waals surface area contributed by atoms with Crippen molar-refractivity contribution < 1.29 is 8.83 Å². The molecule has 294 valence electrons. The first kappa shape index (κ1) is 35.2. The van der Waals surface area contributed by atoms with Crippen molar-refractivity contribution in [3.8, 4) is 62.1 Å². The summed E-state index contributed by atoms with van der Waals surface area (Å²) in [7, 11) is 0. The topological polar surface area (TPSA) is 69.9 Å². The molecule has 0 saturated heterocycles. The molecule has 0 amide bonds. The van der Waals surface area contributed by atoms with Crippen molar-refractivity contribution >= 4 is 65.7 Å². The maximum absolute atomic E-state index is 6.39. The fourth-order valence-electron chi connectivity index (χ4n) is 9.22. The van der Waals surface area contributed by atoms with Crippen LogP contribution in [0.25, 0.3) is 128 Å². The summed E-state index contributed by atoms with van der Waals surface area (Å²) in [5, 5.41) is 6.71. The zero-order chi connectivity index (χ0) is 41.4. The van der Waals surface area contributed by atoms with Crippen LogP contribution in [-0.2, 0) is 0 Å². The van der Waals surface area contributed by atoms with E-state index in [0.29, 0.717) is 17.5 Å². The smallest absolute Gasteiger partial charge is 0.164 e. The van der Waals surface area contributed by atoms with Crippen LogP contribution in [0, 0.1) is 0 Å². The molecule has 0 bridgehead atoms. The summed E-state index contributed by atoms with van der Waals surface area (Å²) in [6.07, 6.45) is 0. The van der Waals surface area contributed by atoms with E-state index in [1.165, 1.54) is 5.39 Å². The maximum Gasteiger partial charge on any atom is 0.164 e. The van der Waals surface area contributed by atoms with E-state index in [1.54, 1.807) is 0 Å². The van der Waals surface area contributed by atoms with Gasteiger partial charge in [-0.1, -0.05) is 127 Å². The largest absolute Gasteiger partial charge is 0.456 e. The summed E-state index contributed by atoms with van der Waals surface area (Å²) in [6.45, 7) is 0. The molecule has 13 aromatic rings. The molecule has 6 nitrogen and oxygen atoms in total. The molecule has 0 aliphatic rings. The Bertz CT molecular complexity index is 3790. The van der Waals surface area contributed by atoms with Gasteiger partial charge in [0, 0.05) is 54.7 Å². The van der Waals surface area contributed by atoms with Crippen molar-refractivity contribution in [3.63, 3.8) is 0 Å². The highest BCUT2D eigenvalue weighted by Crippen LogP contribution is 2.39. The van der Waals surface area contributed by atoms with E-state index in [9.17, 15) is 0 Å². The fraction of sp³-hybridized carbons (Fsp3) is 0. The van der Waals surface area contributed by atoms with Crippen LogP contribution in [0.5, 0.6) is 0 Å². The standard InChI is InChI=1S/C57H34N4O2/c1-3-13-35(14-4-1)55-58-56(38-25-26-44-43-17-7-10-20-49(43)61(50(44)32-38)42-15-5-2-6-16-42)60-57(59-55)41-30-39(36-23-27-47-45-18-8-11-21-51(45)62-53(47)33-36)29-40(31-41)37-24-28-48-46-19-9-12-22-52(46)63-54(48)34-37/h1-34H. The Morgan fingerprint density at radius 2 is 0.714 bits per heavy atom. The van der Waals surface area contributed by atoms with Crippen LogP contribution in [0.1, 0.15) is 0 Å². The number of hydrogen-bond acceptors (Lipinski definition) is 5. The van der Waals surface area contributed by atoms with Crippen LogP contribution < -0.4 is 0 Å². The SMILES string of the molecule is c1ccc(-c2nc(-c3cc(-c4ccc5c(c4)oc4ccccc45)cc(-c4ccc5c(c4)oc4ccccc45)c3)nc(-c3ccc4c5ccccc5n(-c5ccccc5)c4c3)n2)cc1. The number of hydrogen-bond donors (Lipinski definition) is 0. The molecule has 0 atom stereocenters. The van der Waals surface area contributed by atoms with E-state index in [1.807, 2.05) is 66.7 Å². The molecule has 0 N–H and O–H groups in total. The number of fused-ring (bicyclic) bond motifs is 9. The molecule has 4 aromatic heterocycles. The van der Waals surface area contributed by atoms with Crippen molar-refractivity contribution in [2.75, 3.05) is 0 Å². The second-order valence-electron chi connectivity index (χ2n) is 16.0. The number of nitrogens with zero attached hydrogens (tertiary/aromatic N) is 4. The van der Waals surface area contributed by atoms with Gasteiger partial charge in [-0.05, 0) is 101 Å². The van der Waals surface area contributed by atoms with Crippen molar-refractivity contribution in [2.24, 2.45) is 0 Å². The quantitative estimate of drug-likeness (QED) is 0.167. The maximum atomic E-state index is 6.39. The van der Waals surface area contributed by atoms with Crippen LogP contribution in [0.4, 0.5) is 0 Å². The summed E-state index contributed by atoms with van der Waals surface area (Å²) in [4.78, 5) is 15.7. The average molecular weight is 807 g/mol. The van der Waals surface area contributed by atoms with Crippen molar-refractivity contribution in [2.45, 2.75) is 0 Å². The molecule has 0 radical (unpaired) electrons. The van der Waals surface area contributed by atoms with Gasteiger partial charge >= 0.3 is 0 Å². The Hall–Kier alpha value is -8.61. The van der Waals surface area contributed by atoms with Gasteiger partial charge in [-0.2, -0.15) is 0 Å². The molecule has 63 heavy (non-hydrogen) atoms. The Morgan fingerprint density at radius 1 is 0.270 bits per heavy atom. The minimum Gasteiger partial charge on any atom is -0.456 e. The van der Waals surface area contributed by atoms with Gasteiger partial charge in [0.15, 0.2) is 17.5 Å². The minimum absolute atomic E-state index is 0.570. The number of para-hydroxylation sites is 4. The highest BCUT2D eigenvalue weighted by atomic mass is 16.3. The predicted molar refractivity (Wildman–Crippen MR) is 256 cm³/mol. The summed E-state index contributed by atoms with van der Waals surface area (Å²) >= 11 is 0. The lowest BCUT2D eigenvalue weighted by Crippen LogP contribution is -2.01. The van der Waals surface area contributed by atoms with Gasteiger partial charge in [-0.25, -0.2) is 15.0 Å². The third-order valence-electron chi connectivity index (χ3n) is 12.2. The second kappa shape index (κ2) is 14.0. The minimum atomic E-state index is 0.570. The molecule has 9 aromatic carbocycles. The first-order valence-corrected chi connectivity index (χ1v) is 21.1. The van der Waals surface area contributed by atoms with E-state index in [0.717, 1.165) is 105 Å². The van der Waals surface area contributed by atoms with E-state index in [2.05, 4.69) is 144 Å². The Balaban J connectivity index is 1.03. The van der Waals surface area contributed by atoms with Gasteiger partial charge in [0.1, 0.15) is 22.3 Å². The third kappa shape index (κ3) is 5.84. The van der Waals surface area contributed by atoms with Crippen molar-refractivity contribution in [1.82, 2.24) is 19.5 Å². The van der Waals surface area contributed by atoms with E-state index in [-0.39, 0.29) is 0 Å². The zero-order valence-electron chi connectivity index (χ0n) is 33.7. The molecule has 0 fully saturated rings. The van der Waals surface area contributed by atoms with E-state index < -0.39 is 0 Å². The van der Waals surface area contributed by atoms with Crippen LogP contribution in [-0.4, -0.2) is 19.5 Å². The van der Waals surface area contributed by atoms with Gasteiger partial charge in [0.25, 0.3) is 0 Å². The zero-order valence-corrected chi connectivity index (χ0v) is 33.7. The second-order valence-corrected chi connectivity index (χ2v) is 16.0. The summed E-state index contributed by atoms with van der Waals surface area (Å²) in [5.41, 5.74) is 13.4. The summed E-state index contributed by atoms with van der Waals surface area (Å²) in [6, 6.07) is 71.6. The number of furan rings is 2. The fourth-order valence-corrected chi connectivity index (χ4v) is 9.22. The van der Waals surface area contributed by atoms with Gasteiger partial charge < -0.3 is 13.4 Å². The number of aromatic nitrogens is 4. The van der Waals surface area contributed by atoms with Gasteiger partial charge in [0.2, 0.25) is 0 Å². The molecular weight excluding hydrogens is 773 g/mol. The molecule has 6 heteroatoms. The number of benzene rings is 9.